The van der Waals surface area contributed by atoms with Crippen molar-refractivity contribution in [3.05, 3.63) is 66.2 Å². The Bertz CT molecular complexity index is 1210. The molecule has 26 heavy (non-hydrogen) atoms. The second-order valence-corrected chi connectivity index (χ2v) is 7.87. The summed E-state index contributed by atoms with van der Waals surface area (Å²) in [5, 5.41) is 16.3. The van der Waals surface area contributed by atoms with Crippen molar-refractivity contribution in [1.82, 2.24) is 20.6 Å². The Balaban J connectivity index is 1.54. The van der Waals surface area contributed by atoms with Crippen LogP contribution in [0.2, 0.25) is 0 Å². The number of benzene rings is 3. The minimum absolute atomic E-state index is 0.259. The predicted octanol–water partition coefficient (Wildman–Crippen LogP) is 2.36. The van der Waals surface area contributed by atoms with Crippen molar-refractivity contribution in [2.45, 2.75) is 11.4 Å². The number of tetrazole rings is 1. The van der Waals surface area contributed by atoms with E-state index in [2.05, 4.69) is 20.6 Å². The summed E-state index contributed by atoms with van der Waals surface area (Å²) in [6.07, 6.45) is 0. The Hall–Kier alpha value is -3.26. The molecule has 7 nitrogen and oxygen atoms in total. The number of hydrogen-bond donors (Lipinski definition) is 0. The van der Waals surface area contributed by atoms with E-state index >= 15 is 0 Å². The average Bonchev–Trinajstić information content (AvgIpc) is 3.26. The van der Waals surface area contributed by atoms with Crippen molar-refractivity contribution >= 4 is 26.5 Å². The number of sulfonamides is 1. The summed E-state index contributed by atoms with van der Waals surface area (Å²) in [5.41, 5.74) is 2.37. The van der Waals surface area contributed by atoms with Crippen LogP contribution in [-0.4, -0.2) is 23.9 Å². The molecule has 4 aromatic rings. The van der Waals surface area contributed by atoms with Gasteiger partial charge in [0.1, 0.15) is 0 Å². The van der Waals surface area contributed by atoms with Gasteiger partial charge in [0.25, 0.3) is 10.0 Å². The molecule has 5 rings (SSSR count). The molecule has 0 radical (unpaired) electrons. The molecule has 3 aromatic carbocycles. The standard InChI is InChI=1S/C18H12N5O2S/c24-26(25)16-6-2-4-13-3-1-5-15(17(13)16)23(26)11-12-7-9-14(10-8-12)18-19-21-22-20-18/h1-10H,11H2/q-1. The topological polar surface area (TPSA) is 90.2 Å². The zero-order valence-corrected chi connectivity index (χ0v) is 14.3. The van der Waals surface area contributed by atoms with Gasteiger partial charge < -0.3 is 5.10 Å². The molecule has 0 aliphatic carbocycles. The molecule has 1 aromatic heterocycles. The van der Waals surface area contributed by atoms with Gasteiger partial charge in [-0.25, -0.2) is 8.42 Å². The Morgan fingerprint density at radius 3 is 2.46 bits per heavy atom. The molecule has 2 heterocycles. The van der Waals surface area contributed by atoms with Gasteiger partial charge in [0, 0.05) is 11.2 Å². The highest BCUT2D eigenvalue weighted by atomic mass is 32.2. The number of aromatic nitrogens is 4. The number of rotatable bonds is 3. The van der Waals surface area contributed by atoms with E-state index in [1.807, 2.05) is 48.5 Å². The van der Waals surface area contributed by atoms with Gasteiger partial charge in [0.05, 0.1) is 17.1 Å². The highest BCUT2D eigenvalue weighted by molar-refractivity contribution is 7.93. The summed E-state index contributed by atoms with van der Waals surface area (Å²) < 4.78 is 27.5. The molecule has 0 atom stereocenters. The van der Waals surface area contributed by atoms with Gasteiger partial charge in [-0.05, 0) is 28.6 Å². The third-order valence-corrected chi connectivity index (χ3v) is 6.34. The molecule has 0 bridgehead atoms. The second-order valence-electron chi connectivity index (χ2n) is 6.04. The van der Waals surface area contributed by atoms with Crippen LogP contribution in [0.5, 0.6) is 0 Å². The van der Waals surface area contributed by atoms with E-state index in [1.54, 1.807) is 12.1 Å². The summed E-state index contributed by atoms with van der Waals surface area (Å²) in [6, 6.07) is 18.4. The number of anilines is 1. The summed E-state index contributed by atoms with van der Waals surface area (Å²) in [4.78, 5) is 0.365. The molecular weight excluding hydrogens is 350 g/mol. The summed E-state index contributed by atoms with van der Waals surface area (Å²) in [5.74, 6) is 0.447. The first kappa shape index (κ1) is 15.0. The van der Waals surface area contributed by atoms with E-state index in [-0.39, 0.29) is 6.54 Å². The van der Waals surface area contributed by atoms with Crippen molar-refractivity contribution in [1.29, 1.82) is 0 Å². The maximum Gasteiger partial charge on any atom is 0.265 e. The lowest BCUT2D eigenvalue weighted by Crippen LogP contribution is -2.26. The molecule has 0 N–H and O–H groups in total. The van der Waals surface area contributed by atoms with E-state index in [9.17, 15) is 8.42 Å². The van der Waals surface area contributed by atoms with E-state index in [1.165, 1.54) is 4.31 Å². The zero-order valence-electron chi connectivity index (χ0n) is 13.4. The van der Waals surface area contributed by atoms with Gasteiger partial charge in [0.15, 0.2) is 0 Å². The van der Waals surface area contributed by atoms with Gasteiger partial charge in [-0.3, -0.25) is 14.6 Å². The molecule has 0 spiro atoms. The molecule has 0 fully saturated rings. The van der Waals surface area contributed by atoms with E-state index < -0.39 is 10.0 Å². The second kappa shape index (κ2) is 5.37. The lowest BCUT2D eigenvalue weighted by molar-refractivity contribution is 0.593. The Kier molecular flexibility index (Phi) is 3.10. The Labute approximate surface area is 149 Å². The molecule has 0 unspecified atom stereocenters. The Morgan fingerprint density at radius 1 is 0.962 bits per heavy atom. The van der Waals surface area contributed by atoms with Gasteiger partial charge >= 0.3 is 0 Å². The van der Waals surface area contributed by atoms with Crippen molar-refractivity contribution in [2.75, 3.05) is 4.31 Å². The lowest BCUT2D eigenvalue weighted by atomic mass is 10.1. The fourth-order valence-corrected chi connectivity index (χ4v) is 5.01. The maximum absolute atomic E-state index is 13.0. The molecule has 0 amide bonds. The average molecular weight is 362 g/mol. The normalized spacial score (nSPS) is 14.8. The number of nitrogens with zero attached hydrogens (tertiary/aromatic N) is 5. The van der Waals surface area contributed by atoms with Crippen molar-refractivity contribution in [3.63, 3.8) is 0 Å². The zero-order chi connectivity index (χ0) is 17.7. The quantitative estimate of drug-likeness (QED) is 0.556. The van der Waals surface area contributed by atoms with Crippen LogP contribution >= 0.6 is 0 Å². The maximum atomic E-state index is 13.0. The summed E-state index contributed by atoms with van der Waals surface area (Å²) in [7, 11) is -3.56. The molecule has 0 saturated carbocycles. The molecule has 1 aliphatic heterocycles. The predicted molar refractivity (Wildman–Crippen MR) is 95.9 cm³/mol. The van der Waals surface area contributed by atoms with Crippen LogP contribution in [0.1, 0.15) is 5.56 Å². The largest absolute Gasteiger partial charge is 0.330 e. The van der Waals surface area contributed by atoms with Gasteiger partial charge in [-0.2, -0.15) is 5.21 Å². The fraction of sp³-hybridized carbons (Fsp3) is 0.0556. The first-order valence-electron chi connectivity index (χ1n) is 7.97. The fourth-order valence-electron chi connectivity index (χ4n) is 3.31. The van der Waals surface area contributed by atoms with Crippen LogP contribution in [-0.2, 0) is 16.6 Å². The first-order valence-corrected chi connectivity index (χ1v) is 9.41. The van der Waals surface area contributed by atoms with Crippen molar-refractivity contribution in [3.8, 4) is 11.4 Å². The van der Waals surface area contributed by atoms with E-state index in [4.69, 9.17) is 0 Å². The van der Waals surface area contributed by atoms with Crippen molar-refractivity contribution in [2.24, 2.45) is 0 Å². The highest BCUT2D eigenvalue weighted by Gasteiger charge is 2.35. The molecular formula is C18H12N5O2S-. The lowest BCUT2D eigenvalue weighted by Gasteiger charge is -2.19. The number of hydrogen-bond acceptors (Lipinski definition) is 5. The molecule has 1 aliphatic rings. The minimum Gasteiger partial charge on any atom is -0.330 e. The Morgan fingerprint density at radius 2 is 1.73 bits per heavy atom. The van der Waals surface area contributed by atoms with Crippen molar-refractivity contribution < 1.29 is 8.42 Å². The van der Waals surface area contributed by atoms with Crippen LogP contribution < -0.4 is 9.40 Å². The van der Waals surface area contributed by atoms with Gasteiger partial charge in [-0.1, -0.05) is 48.5 Å². The van der Waals surface area contributed by atoms with E-state index in [0.29, 0.717) is 10.7 Å². The molecule has 0 saturated heterocycles. The SMILES string of the molecule is O=S1(=O)c2cccc3cccc(c23)N1Cc1ccc(-c2nnn[n-]2)cc1. The minimum atomic E-state index is -3.56. The van der Waals surface area contributed by atoms with Crippen LogP contribution in [0.4, 0.5) is 5.69 Å². The van der Waals surface area contributed by atoms with Gasteiger partial charge in [0.2, 0.25) is 0 Å². The van der Waals surface area contributed by atoms with Crippen LogP contribution in [0.25, 0.3) is 22.2 Å². The third-order valence-electron chi connectivity index (χ3n) is 4.54. The van der Waals surface area contributed by atoms with E-state index in [0.717, 1.165) is 27.6 Å². The van der Waals surface area contributed by atoms with Gasteiger partial charge in [-0.15, -0.1) is 0 Å². The molecule has 8 heteroatoms. The summed E-state index contributed by atoms with van der Waals surface area (Å²) in [6.45, 7) is 0.259. The van der Waals surface area contributed by atoms with Crippen LogP contribution in [0.3, 0.4) is 0 Å². The monoisotopic (exact) mass is 362 g/mol. The first-order chi connectivity index (χ1) is 12.6. The third kappa shape index (κ3) is 2.12. The van der Waals surface area contributed by atoms with Crippen LogP contribution in [0, 0.1) is 0 Å². The summed E-state index contributed by atoms with van der Waals surface area (Å²) >= 11 is 0. The highest BCUT2D eigenvalue weighted by Crippen LogP contribution is 2.42. The van der Waals surface area contributed by atoms with Crippen LogP contribution in [0.15, 0.2) is 65.6 Å². The molecule has 128 valence electrons. The smallest absolute Gasteiger partial charge is 0.265 e.